The van der Waals surface area contributed by atoms with Gasteiger partial charge in [-0.25, -0.2) is 9.37 Å². The molecular weight excluding hydrogens is 509 g/mol. The fourth-order valence-electron chi connectivity index (χ4n) is 4.75. The summed E-state index contributed by atoms with van der Waals surface area (Å²) in [7, 11) is 0. The Morgan fingerprint density at radius 2 is 1.61 bits per heavy atom. The molecule has 0 aliphatic heterocycles. The maximum absolute atomic E-state index is 13.9. The maximum atomic E-state index is 13.9. The fraction of sp³-hybridized carbons (Fsp3) is 0.0571. The number of nitrogens with zero attached hydrogens (tertiary/aromatic N) is 3. The lowest BCUT2D eigenvalue weighted by atomic mass is 9.96. The Labute approximate surface area is 239 Å². The summed E-state index contributed by atoms with van der Waals surface area (Å²) in [6, 6.07) is 24.7. The van der Waals surface area contributed by atoms with Crippen LogP contribution in [0, 0.1) is 12.7 Å². The number of aromatic nitrogens is 4. The normalized spacial score (nSPS) is 10.7. The van der Waals surface area contributed by atoms with Gasteiger partial charge in [-0.15, -0.1) is 0 Å². The van der Waals surface area contributed by atoms with Crippen LogP contribution in [0.25, 0.3) is 44.6 Å². The Bertz CT molecular complexity index is 1890. The van der Waals surface area contributed by atoms with Gasteiger partial charge in [0.15, 0.2) is 0 Å². The van der Waals surface area contributed by atoms with Crippen molar-refractivity contribution in [3.63, 3.8) is 0 Å². The van der Waals surface area contributed by atoms with Crippen LogP contribution in [0.1, 0.15) is 29.9 Å². The number of anilines is 1. The molecule has 0 radical (unpaired) electrons. The number of rotatable bonds is 7. The Morgan fingerprint density at radius 3 is 2.41 bits per heavy atom. The molecule has 0 spiro atoms. The Balaban J connectivity index is 0.00000337. The van der Waals surface area contributed by atoms with E-state index in [9.17, 15) is 4.39 Å². The van der Waals surface area contributed by atoms with Gasteiger partial charge in [0, 0.05) is 34.8 Å². The largest absolute Gasteiger partial charge is 0.354 e. The molecule has 3 heterocycles. The van der Waals surface area contributed by atoms with Gasteiger partial charge in [0.1, 0.15) is 11.6 Å². The van der Waals surface area contributed by atoms with Crippen molar-refractivity contribution < 1.29 is 4.39 Å². The van der Waals surface area contributed by atoms with Crippen molar-refractivity contribution in [2.45, 2.75) is 14.4 Å². The van der Waals surface area contributed by atoms with Crippen molar-refractivity contribution in [2.24, 2.45) is 0 Å². The van der Waals surface area contributed by atoms with E-state index in [1.165, 1.54) is 12.1 Å². The van der Waals surface area contributed by atoms with Crippen molar-refractivity contribution in [3.8, 4) is 22.3 Å². The minimum atomic E-state index is -0.305. The number of aryl methyl sites for hydroxylation is 1. The zero-order valence-corrected chi connectivity index (χ0v) is 21.9. The molecule has 0 aliphatic rings. The first-order chi connectivity index (χ1) is 19.5. The molecule has 0 fully saturated rings. The van der Waals surface area contributed by atoms with E-state index < -0.39 is 0 Å². The average Bonchev–Trinajstić information content (AvgIpc) is 3.42. The fourth-order valence-corrected chi connectivity index (χ4v) is 4.75. The molecule has 0 saturated carbocycles. The number of halogens is 1. The van der Waals surface area contributed by atoms with Gasteiger partial charge in [0.25, 0.3) is 0 Å². The standard InChI is InChI=1S/C34H26FN5.CH4/c1-21-12-13-25(27-15-29(18-36-17-27)38-23(3)24-8-5-4-6-9-24)16-30(21)22(2)34-39-32-20-37-19-31(33(32)40-34)26-10-7-11-28(35)14-26;/h4-20,38H,2-3H2,1H3,(H,39,40);1H4. The summed E-state index contributed by atoms with van der Waals surface area (Å²) >= 11 is 0. The molecule has 202 valence electrons. The number of aromatic amines is 1. The lowest BCUT2D eigenvalue weighted by Gasteiger charge is -2.13. The van der Waals surface area contributed by atoms with Crippen molar-refractivity contribution >= 4 is 28.0 Å². The number of benzene rings is 3. The first-order valence-corrected chi connectivity index (χ1v) is 12.8. The van der Waals surface area contributed by atoms with Crippen LogP contribution in [0.3, 0.4) is 0 Å². The average molecular weight is 540 g/mol. The number of imidazole rings is 1. The van der Waals surface area contributed by atoms with Crippen LogP contribution >= 0.6 is 0 Å². The topological polar surface area (TPSA) is 66.5 Å². The molecule has 6 rings (SSSR count). The van der Waals surface area contributed by atoms with Gasteiger partial charge in [-0.2, -0.15) is 0 Å². The molecule has 0 unspecified atom stereocenters. The van der Waals surface area contributed by atoms with E-state index in [0.717, 1.165) is 61.4 Å². The summed E-state index contributed by atoms with van der Waals surface area (Å²) in [6.07, 6.45) is 7.05. The minimum Gasteiger partial charge on any atom is -0.354 e. The van der Waals surface area contributed by atoms with Gasteiger partial charge in [-0.3, -0.25) is 9.97 Å². The highest BCUT2D eigenvalue weighted by Gasteiger charge is 2.15. The third kappa shape index (κ3) is 5.54. The highest BCUT2D eigenvalue weighted by Crippen LogP contribution is 2.32. The lowest BCUT2D eigenvalue weighted by molar-refractivity contribution is 0.628. The lowest BCUT2D eigenvalue weighted by Crippen LogP contribution is -1.98. The molecule has 0 saturated heterocycles. The molecule has 0 bridgehead atoms. The van der Waals surface area contributed by atoms with Gasteiger partial charge < -0.3 is 10.3 Å². The number of pyridine rings is 2. The molecule has 6 heteroatoms. The van der Waals surface area contributed by atoms with Gasteiger partial charge in [-0.1, -0.05) is 75.2 Å². The Kier molecular flexibility index (Phi) is 7.57. The molecule has 0 atom stereocenters. The van der Waals surface area contributed by atoms with Crippen LogP contribution in [0.5, 0.6) is 0 Å². The van der Waals surface area contributed by atoms with E-state index in [-0.39, 0.29) is 13.2 Å². The maximum Gasteiger partial charge on any atom is 0.138 e. The highest BCUT2D eigenvalue weighted by atomic mass is 19.1. The molecule has 3 aromatic carbocycles. The van der Waals surface area contributed by atoms with E-state index in [4.69, 9.17) is 4.98 Å². The summed E-state index contributed by atoms with van der Waals surface area (Å²) in [5.41, 5.74) is 10.4. The Hall–Kier alpha value is -5.36. The van der Waals surface area contributed by atoms with Crippen molar-refractivity contribution in [3.05, 3.63) is 145 Å². The zero-order valence-electron chi connectivity index (χ0n) is 21.9. The van der Waals surface area contributed by atoms with Crippen molar-refractivity contribution in [1.29, 1.82) is 0 Å². The molecule has 2 N–H and O–H groups in total. The number of hydrogen-bond donors (Lipinski definition) is 2. The molecule has 6 aromatic rings. The van der Waals surface area contributed by atoms with E-state index in [0.29, 0.717) is 11.3 Å². The minimum absolute atomic E-state index is 0. The van der Waals surface area contributed by atoms with Crippen molar-refractivity contribution in [2.75, 3.05) is 5.32 Å². The van der Waals surface area contributed by atoms with Gasteiger partial charge in [-0.05, 0) is 59.0 Å². The monoisotopic (exact) mass is 539 g/mol. The SMILES string of the molecule is C.C=C(Nc1cncc(-c2ccc(C)c(C(=C)c3nc4c(-c5cccc(F)c5)cncc4[nH]3)c2)c1)c1ccccc1. The van der Waals surface area contributed by atoms with Crippen LogP contribution in [-0.2, 0) is 0 Å². The highest BCUT2D eigenvalue weighted by molar-refractivity contribution is 5.93. The van der Waals surface area contributed by atoms with Gasteiger partial charge in [0.05, 0.1) is 29.1 Å². The van der Waals surface area contributed by atoms with E-state index in [2.05, 4.69) is 57.7 Å². The van der Waals surface area contributed by atoms with Crippen LogP contribution in [-0.4, -0.2) is 19.9 Å². The van der Waals surface area contributed by atoms with E-state index in [1.807, 2.05) is 49.5 Å². The summed E-state index contributed by atoms with van der Waals surface area (Å²) in [4.78, 5) is 17.0. The molecule has 3 aromatic heterocycles. The Morgan fingerprint density at radius 1 is 0.805 bits per heavy atom. The first-order valence-electron chi connectivity index (χ1n) is 12.8. The molecule has 41 heavy (non-hydrogen) atoms. The van der Waals surface area contributed by atoms with Crippen LogP contribution < -0.4 is 5.32 Å². The summed E-state index contributed by atoms with van der Waals surface area (Å²) < 4.78 is 13.9. The predicted molar refractivity (Wildman–Crippen MR) is 168 cm³/mol. The quantitative estimate of drug-likeness (QED) is 0.213. The third-order valence-electron chi connectivity index (χ3n) is 6.87. The van der Waals surface area contributed by atoms with E-state index in [1.54, 1.807) is 24.7 Å². The number of hydrogen-bond acceptors (Lipinski definition) is 4. The molecular formula is C35H30FN5. The molecule has 0 amide bonds. The smallest absolute Gasteiger partial charge is 0.138 e. The number of fused-ring (bicyclic) bond motifs is 1. The summed E-state index contributed by atoms with van der Waals surface area (Å²) in [6.45, 7) is 10.6. The zero-order chi connectivity index (χ0) is 27.6. The number of H-pyrrole nitrogens is 1. The van der Waals surface area contributed by atoms with Crippen LogP contribution in [0.15, 0.2) is 117 Å². The predicted octanol–water partition coefficient (Wildman–Crippen LogP) is 8.91. The second-order valence-corrected chi connectivity index (χ2v) is 9.62. The van der Waals surface area contributed by atoms with Gasteiger partial charge in [0.2, 0.25) is 0 Å². The van der Waals surface area contributed by atoms with Crippen LogP contribution in [0.2, 0.25) is 0 Å². The second-order valence-electron chi connectivity index (χ2n) is 9.62. The third-order valence-corrected chi connectivity index (χ3v) is 6.87. The first kappa shape index (κ1) is 27.2. The summed E-state index contributed by atoms with van der Waals surface area (Å²) in [5, 5.41) is 3.36. The van der Waals surface area contributed by atoms with Crippen LogP contribution in [0.4, 0.5) is 10.1 Å². The molecule has 5 nitrogen and oxygen atoms in total. The van der Waals surface area contributed by atoms with Crippen molar-refractivity contribution in [1.82, 2.24) is 19.9 Å². The van der Waals surface area contributed by atoms with E-state index >= 15 is 0 Å². The molecule has 0 aliphatic carbocycles. The van der Waals surface area contributed by atoms with Gasteiger partial charge >= 0.3 is 0 Å². The summed E-state index contributed by atoms with van der Waals surface area (Å²) in [5.74, 6) is 0.328. The number of nitrogens with one attached hydrogen (secondary N) is 2. The second kappa shape index (κ2) is 11.4.